The van der Waals surface area contributed by atoms with Gasteiger partial charge in [-0.1, -0.05) is 15.9 Å². The largest absolute Gasteiger partial charge is 0.326 e. The first-order valence-corrected chi connectivity index (χ1v) is 4.06. The quantitative estimate of drug-likeness (QED) is 0.799. The number of benzene rings is 1. The average Bonchev–Trinajstić information content (AvgIpc) is 2.08. The minimum absolute atomic E-state index is 0.0184. The van der Waals surface area contributed by atoms with E-state index >= 15 is 0 Å². The minimum Gasteiger partial charge on any atom is -0.326 e. The van der Waals surface area contributed by atoms with Crippen LogP contribution >= 0.6 is 15.9 Å². The van der Waals surface area contributed by atoms with E-state index in [1.54, 1.807) is 12.1 Å². The van der Waals surface area contributed by atoms with E-state index in [1.165, 1.54) is 6.07 Å². The van der Waals surface area contributed by atoms with E-state index < -0.39 is 5.82 Å². The lowest BCUT2D eigenvalue weighted by molar-refractivity contribution is 0.606. The first-order chi connectivity index (χ1) is 5.69. The zero-order valence-electron chi connectivity index (χ0n) is 6.14. The molecule has 2 N–H and O–H groups in total. The summed E-state index contributed by atoms with van der Waals surface area (Å²) < 4.78 is 13.8. The molecule has 2 nitrogen and oxygen atoms in total. The molecule has 0 amide bonds. The highest BCUT2D eigenvalue weighted by Crippen LogP contribution is 2.19. The van der Waals surface area contributed by atoms with Crippen LogP contribution in [0.3, 0.4) is 0 Å². The summed E-state index contributed by atoms with van der Waals surface area (Å²) in [4.78, 5) is 0. The van der Waals surface area contributed by atoms with Gasteiger partial charge < -0.3 is 5.73 Å². The number of hydrogen-bond donors (Lipinski definition) is 1. The molecule has 4 heteroatoms. The van der Waals surface area contributed by atoms with Gasteiger partial charge in [0.05, 0.1) is 5.56 Å². The molecule has 1 rings (SSSR count). The summed E-state index contributed by atoms with van der Waals surface area (Å²) in [5, 5.41) is 8.51. The zero-order chi connectivity index (χ0) is 9.14. The van der Waals surface area contributed by atoms with Gasteiger partial charge in [0.2, 0.25) is 0 Å². The summed E-state index contributed by atoms with van der Waals surface area (Å²) in [6.07, 6.45) is 0. The van der Waals surface area contributed by atoms with Crippen LogP contribution in [0.15, 0.2) is 16.6 Å². The summed E-state index contributed by atoms with van der Waals surface area (Å²) in [7, 11) is 0. The highest BCUT2D eigenvalue weighted by Gasteiger charge is 2.07. The van der Waals surface area contributed by atoms with Crippen molar-refractivity contribution in [3.8, 4) is 6.07 Å². The molecule has 0 atom stereocenters. The van der Waals surface area contributed by atoms with Crippen LogP contribution in [0.25, 0.3) is 0 Å². The molecule has 0 saturated carbocycles. The van der Waals surface area contributed by atoms with E-state index in [0.29, 0.717) is 10.0 Å². The molecule has 0 fully saturated rings. The molecule has 0 unspecified atom stereocenters. The summed E-state index contributed by atoms with van der Waals surface area (Å²) in [6.45, 7) is 0.0972. The van der Waals surface area contributed by atoms with E-state index in [4.69, 9.17) is 11.0 Å². The second-order valence-corrected chi connectivity index (χ2v) is 3.16. The summed E-state index contributed by atoms with van der Waals surface area (Å²) >= 11 is 3.16. The van der Waals surface area contributed by atoms with Gasteiger partial charge >= 0.3 is 0 Å². The van der Waals surface area contributed by atoms with Gasteiger partial charge in [-0.05, 0) is 12.1 Å². The molecule has 12 heavy (non-hydrogen) atoms. The Morgan fingerprint density at radius 1 is 1.58 bits per heavy atom. The Morgan fingerprint density at radius 3 is 2.75 bits per heavy atom. The van der Waals surface area contributed by atoms with E-state index in [2.05, 4.69) is 15.9 Å². The minimum atomic E-state index is -0.525. The molecule has 0 aliphatic rings. The fourth-order valence-electron chi connectivity index (χ4n) is 0.876. The van der Waals surface area contributed by atoms with Crippen molar-refractivity contribution < 1.29 is 4.39 Å². The first-order valence-electron chi connectivity index (χ1n) is 3.27. The predicted molar refractivity (Wildman–Crippen MR) is 46.7 cm³/mol. The van der Waals surface area contributed by atoms with Crippen molar-refractivity contribution in [1.82, 2.24) is 0 Å². The first kappa shape index (κ1) is 9.17. The van der Waals surface area contributed by atoms with Crippen LogP contribution in [0.5, 0.6) is 0 Å². The lowest BCUT2D eigenvalue weighted by Crippen LogP contribution is -2.01. The van der Waals surface area contributed by atoms with Gasteiger partial charge in [-0.2, -0.15) is 5.26 Å². The summed E-state index contributed by atoms with van der Waals surface area (Å²) in [6, 6.07) is 4.74. The zero-order valence-corrected chi connectivity index (χ0v) is 7.73. The Hall–Kier alpha value is -0.920. The highest BCUT2D eigenvalue weighted by molar-refractivity contribution is 9.10. The monoisotopic (exact) mass is 228 g/mol. The Kier molecular flexibility index (Phi) is 2.79. The molecule has 0 aliphatic carbocycles. The average molecular weight is 229 g/mol. The third kappa shape index (κ3) is 1.63. The maximum absolute atomic E-state index is 13.1. The highest BCUT2D eigenvalue weighted by atomic mass is 79.9. The smallest absolute Gasteiger partial charge is 0.145 e. The molecule has 0 aromatic heterocycles. The molecule has 1 aromatic carbocycles. The van der Waals surface area contributed by atoms with Crippen molar-refractivity contribution in [3.05, 3.63) is 33.5 Å². The van der Waals surface area contributed by atoms with E-state index in [-0.39, 0.29) is 12.1 Å². The van der Waals surface area contributed by atoms with Gasteiger partial charge in [0.1, 0.15) is 11.9 Å². The van der Waals surface area contributed by atoms with Crippen LogP contribution in [0, 0.1) is 17.1 Å². The predicted octanol–water partition coefficient (Wildman–Crippen LogP) is 1.92. The van der Waals surface area contributed by atoms with Gasteiger partial charge in [0.25, 0.3) is 0 Å². The standard InChI is InChI=1S/C8H6BrFN2/c9-7-1-5(3-11)8(10)6(2-7)4-12/h1-2H,3,11H2. The molecule has 0 bridgehead atoms. The van der Waals surface area contributed by atoms with Gasteiger partial charge in [-0.25, -0.2) is 4.39 Å². The third-order valence-electron chi connectivity index (χ3n) is 1.45. The number of rotatable bonds is 1. The number of nitriles is 1. The molecule has 0 heterocycles. The van der Waals surface area contributed by atoms with Gasteiger partial charge in [-0.3, -0.25) is 0 Å². The maximum Gasteiger partial charge on any atom is 0.145 e. The van der Waals surface area contributed by atoms with Crippen LogP contribution < -0.4 is 5.73 Å². The Morgan fingerprint density at radius 2 is 2.25 bits per heavy atom. The van der Waals surface area contributed by atoms with E-state index in [9.17, 15) is 4.39 Å². The van der Waals surface area contributed by atoms with Crippen molar-refractivity contribution in [2.45, 2.75) is 6.54 Å². The van der Waals surface area contributed by atoms with Crippen LogP contribution in [0.2, 0.25) is 0 Å². The SMILES string of the molecule is N#Cc1cc(Br)cc(CN)c1F. The van der Waals surface area contributed by atoms with Gasteiger partial charge in [0.15, 0.2) is 0 Å². The normalized spacial score (nSPS) is 9.50. The second kappa shape index (κ2) is 3.65. The Bertz CT molecular complexity index is 344. The number of nitrogens with zero attached hydrogens (tertiary/aromatic N) is 1. The molecule has 0 radical (unpaired) electrons. The summed E-state index contributed by atoms with van der Waals surface area (Å²) in [5.74, 6) is -0.525. The van der Waals surface area contributed by atoms with Crippen LogP contribution in [-0.2, 0) is 6.54 Å². The molecule has 0 spiro atoms. The van der Waals surface area contributed by atoms with Gasteiger partial charge in [0, 0.05) is 16.6 Å². The van der Waals surface area contributed by atoms with Gasteiger partial charge in [-0.15, -0.1) is 0 Å². The molecule has 1 aromatic rings. The van der Waals surface area contributed by atoms with E-state index in [0.717, 1.165) is 0 Å². The van der Waals surface area contributed by atoms with E-state index in [1.807, 2.05) is 0 Å². The van der Waals surface area contributed by atoms with Crippen molar-refractivity contribution in [3.63, 3.8) is 0 Å². The summed E-state index contributed by atoms with van der Waals surface area (Å²) in [5.41, 5.74) is 5.64. The number of hydrogen-bond acceptors (Lipinski definition) is 2. The van der Waals surface area contributed by atoms with Crippen molar-refractivity contribution >= 4 is 15.9 Å². The maximum atomic E-state index is 13.1. The topological polar surface area (TPSA) is 49.8 Å². The molecule has 0 saturated heterocycles. The van der Waals surface area contributed by atoms with Crippen LogP contribution in [0.1, 0.15) is 11.1 Å². The molecular formula is C8H6BrFN2. The van der Waals surface area contributed by atoms with Crippen molar-refractivity contribution in [2.75, 3.05) is 0 Å². The Labute approximate surface area is 77.9 Å². The fraction of sp³-hybridized carbons (Fsp3) is 0.125. The Balaban J connectivity index is 3.34. The van der Waals surface area contributed by atoms with Crippen molar-refractivity contribution in [1.29, 1.82) is 5.26 Å². The number of halogens is 2. The third-order valence-corrected chi connectivity index (χ3v) is 1.91. The molecular weight excluding hydrogens is 223 g/mol. The molecule has 0 aliphatic heterocycles. The molecule has 62 valence electrons. The second-order valence-electron chi connectivity index (χ2n) is 2.24. The van der Waals surface area contributed by atoms with Crippen LogP contribution in [-0.4, -0.2) is 0 Å². The van der Waals surface area contributed by atoms with Crippen molar-refractivity contribution in [2.24, 2.45) is 5.73 Å². The van der Waals surface area contributed by atoms with Crippen LogP contribution in [0.4, 0.5) is 4.39 Å². The fourth-order valence-corrected chi connectivity index (χ4v) is 1.38. The number of nitrogens with two attached hydrogens (primary N) is 1. The lowest BCUT2D eigenvalue weighted by atomic mass is 10.1. The lowest BCUT2D eigenvalue weighted by Gasteiger charge is -2.01.